The molecule has 0 amide bonds. The molecule has 1 aromatic carbocycles. The van der Waals surface area contributed by atoms with E-state index in [1.54, 1.807) is 18.2 Å². The number of benzene rings is 1. The fraction of sp³-hybridized carbons (Fsp3) is 0. The number of nitrogens with zero attached hydrogens (tertiary/aromatic N) is 1. The summed E-state index contributed by atoms with van der Waals surface area (Å²) in [5.74, 6) is 0.429. The summed E-state index contributed by atoms with van der Waals surface area (Å²) in [6.45, 7) is 0. The molecule has 0 saturated heterocycles. The van der Waals surface area contributed by atoms with Crippen molar-refractivity contribution < 1.29 is 13.9 Å². The van der Waals surface area contributed by atoms with Crippen molar-refractivity contribution in [3.8, 4) is 0 Å². The molecule has 19 heavy (non-hydrogen) atoms. The SMILES string of the molecule is O=C1OC(c2ccccc2I)=NC1=Cc1ccco1. The van der Waals surface area contributed by atoms with Crippen LogP contribution >= 0.6 is 22.6 Å². The van der Waals surface area contributed by atoms with Crippen LogP contribution in [0.25, 0.3) is 6.08 Å². The lowest BCUT2D eigenvalue weighted by molar-refractivity contribution is -0.129. The topological polar surface area (TPSA) is 51.8 Å². The predicted molar refractivity (Wildman–Crippen MR) is 78.5 cm³/mol. The third-order valence-corrected chi connectivity index (χ3v) is 3.49. The predicted octanol–water partition coefficient (Wildman–Crippen LogP) is 3.23. The van der Waals surface area contributed by atoms with Gasteiger partial charge in [0.15, 0.2) is 5.70 Å². The Kier molecular flexibility index (Phi) is 3.20. The molecule has 0 saturated carbocycles. The number of cyclic esters (lactones) is 1. The molecular formula is C14H8INO3. The van der Waals surface area contributed by atoms with E-state index < -0.39 is 5.97 Å². The molecule has 1 aliphatic rings. The van der Waals surface area contributed by atoms with Gasteiger partial charge in [-0.25, -0.2) is 9.79 Å². The van der Waals surface area contributed by atoms with E-state index in [1.807, 2.05) is 24.3 Å². The molecule has 0 radical (unpaired) electrons. The second kappa shape index (κ2) is 5.00. The highest BCUT2D eigenvalue weighted by atomic mass is 127. The Morgan fingerprint density at radius 3 is 2.74 bits per heavy atom. The fourth-order valence-electron chi connectivity index (χ4n) is 1.67. The maximum absolute atomic E-state index is 11.7. The monoisotopic (exact) mass is 365 g/mol. The molecule has 4 nitrogen and oxygen atoms in total. The zero-order valence-corrected chi connectivity index (χ0v) is 11.8. The van der Waals surface area contributed by atoms with Gasteiger partial charge in [-0.1, -0.05) is 12.1 Å². The Hall–Kier alpha value is -1.89. The Labute approximate surface area is 122 Å². The Bertz CT molecular complexity index is 686. The smallest absolute Gasteiger partial charge is 0.363 e. The third kappa shape index (κ3) is 2.46. The molecule has 0 bridgehead atoms. The highest BCUT2D eigenvalue weighted by Crippen LogP contribution is 2.21. The van der Waals surface area contributed by atoms with Crippen molar-refractivity contribution in [1.82, 2.24) is 0 Å². The summed E-state index contributed by atoms with van der Waals surface area (Å²) < 4.78 is 11.3. The van der Waals surface area contributed by atoms with Gasteiger partial charge in [-0.15, -0.1) is 0 Å². The number of halogens is 1. The molecule has 0 N–H and O–H groups in total. The van der Waals surface area contributed by atoms with Crippen LogP contribution in [-0.2, 0) is 9.53 Å². The number of carbonyl (C=O) groups is 1. The van der Waals surface area contributed by atoms with Crippen molar-refractivity contribution in [2.45, 2.75) is 0 Å². The van der Waals surface area contributed by atoms with Crippen LogP contribution in [-0.4, -0.2) is 11.9 Å². The second-order valence-electron chi connectivity index (χ2n) is 3.83. The van der Waals surface area contributed by atoms with Crippen molar-refractivity contribution in [3.63, 3.8) is 0 Å². The van der Waals surface area contributed by atoms with Crippen molar-refractivity contribution in [2.75, 3.05) is 0 Å². The van der Waals surface area contributed by atoms with E-state index in [9.17, 15) is 4.79 Å². The van der Waals surface area contributed by atoms with E-state index in [0.717, 1.165) is 9.13 Å². The van der Waals surface area contributed by atoms with E-state index in [4.69, 9.17) is 9.15 Å². The van der Waals surface area contributed by atoms with Gasteiger partial charge in [0.1, 0.15) is 5.76 Å². The van der Waals surface area contributed by atoms with Gasteiger partial charge < -0.3 is 9.15 Å². The number of hydrogen-bond donors (Lipinski definition) is 0. The largest absolute Gasteiger partial charge is 0.465 e. The van der Waals surface area contributed by atoms with Crippen LogP contribution in [0.5, 0.6) is 0 Å². The van der Waals surface area contributed by atoms with Crippen LogP contribution in [0.1, 0.15) is 11.3 Å². The van der Waals surface area contributed by atoms with E-state index in [2.05, 4.69) is 27.6 Å². The van der Waals surface area contributed by atoms with Gasteiger partial charge >= 0.3 is 5.97 Å². The summed E-state index contributed by atoms with van der Waals surface area (Å²) in [6, 6.07) is 11.1. The molecule has 5 heteroatoms. The summed E-state index contributed by atoms with van der Waals surface area (Å²) in [7, 11) is 0. The number of carbonyl (C=O) groups excluding carboxylic acids is 1. The molecule has 0 aliphatic carbocycles. The van der Waals surface area contributed by atoms with Crippen LogP contribution in [0.2, 0.25) is 0 Å². The van der Waals surface area contributed by atoms with Crippen molar-refractivity contribution >= 4 is 40.5 Å². The molecular weight excluding hydrogens is 357 g/mol. The summed E-state index contributed by atoms with van der Waals surface area (Å²) in [4.78, 5) is 16.0. The molecule has 2 aromatic rings. The standard InChI is InChI=1S/C14H8INO3/c15-11-6-2-1-5-10(11)13-16-12(14(17)19-13)8-9-4-3-7-18-9/h1-8H. The first-order valence-electron chi connectivity index (χ1n) is 5.55. The van der Waals surface area contributed by atoms with Crippen molar-refractivity contribution in [2.24, 2.45) is 4.99 Å². The summed E-state index contributed by atoms with van der Waals surface area (Å²) >= 11 is 2.18. The summed E-state index contributed by atoms with van der Waals surface area (Å²) in [6.07, 6.45) is 3.10. The first-order chi connectivity index (χ1) is 9.24. The minimum Gasteiger partial charge on any atom is -0.465 e. The molecule has 0 atom stereocenters. The quantitative estimate of drug-likeness (QED) is 0.467. The zero-order chi connectivity index (χ0) is 13.2. The molecule has 94 valence electrons. The highest BCUT2D eigenvalue weighted by molar-refractivity contribution is 14.1. The van der Waals surface area contributed by atoms with Gasteiger partial charge in [0.25, 0.3) is 0 Å². The molecule has 0 spiro atoms. The average Bonchev–Trinajstić information content (AvgIpc) is 3.02. The first-order valence-corrected chi connectivity index (χ1v) is 6.63. The minimum absolute atomic E-state index is 0.240. The number of ether oxygens (including phenoxy) is 1. The lowest BCUT2D eigenvalue weighted by Crippen LogP contribution is -2.06. The molecule has 1 aromatic heterocycles. The van der Waals surface area contributed by atoms with E-state index in [1.165, 1.54) is 6.26 Å². The maximum atomic E-state index is 11.7. The first kappa shape index (κ1) is 12.2. The van der Waals surface area contributed by atoms with Crippen LogP contribution in [0.4, 0.5) is 0 Å². The number of hydrogen-bond acceptors (Lipinski definition) is 4. The highest BCUT2D eigenvalue weighted by Gasteiger charge is 2.25. The lowest BCUT2D eigenvalue weighted by atomic mass is 10.2. The van der Waals surface area contributed by atoms with Crippen LogP contribution in [0.15, 0.2) is 57.8 Å². The second-order valence-corrected chi connectivity index (χ2v) is 4.99. The average molecular weight is 365 g/mol. The van der Waals surface area contributed by atoms with Crippen LogP contribution in [0.3, 0.4) is 0 Å². The Balaban J connectivity index is 1.98. The molecule has 0 fully saturated rings. The van der Waals surface area contributed by atoms with E-state index in [-0.39, 0.29) is 5.70 Å². The van der Waals surface area contributed by atoms with Crippen molar-refractivity contribution in [3.05, 3.63) is 63.3 Å². The zero-order valence-electron chi connectivity index (χ0n) is 9.67. The fourth-order valence-corrected chi connectivity index (χ4v) is 2.29. The summed E-state index contributed by atoms with van der Waals surface area (Å²) in [5, 5.41) is 0. The van der Waals surface area contributed by atoms with Crippen LogP contribution < -0.4 is 0 Å². The lowest BCUT2D eigenvalue weighted by Gasteiger charge is -2.01. The van der Waals surface area contributed by atoms with Gasteiger partial charge in [0.2, 0.25) is 5.90 Å². The summed E-state index contributed by atoms with van der Waals surface area (Å²) in [5.41, 5.74) is 1.05. The van der Waals surface area contributed by atoms with E-state index in [0.29, 0.717) is 11.7 Å². The van der Waals surface area contributed by atoms with Crippen molar-refractivity contribution in [1.29, 1.82) is 0 Å². The number of rotatable bonds is 2. The molecule has 3 rings (SSSR count). The van der Waals surface area contributed by atoms with E-state index >= 15 is 0 Å². The van der Waals surface area contributed by atoms with Crippen LogP contribution in [0, 0.1) is 3.57 Å². The third-order valence-electron chi connectivity index (χ3n) is 2.55. The Morgan fingerprint density at radius 2 is 2.00 bits per heavy atom. The van der Waals surface area contributed by atoms with Gasteiger partial charge in [-0.05, 0) is 46.9 Å². The van der Waals surface area contributed by atoms with Gasteiger partial charge in [0, 0.05) is 9.65 Å². The number of esters is 1. The Morgan fingerprint density at radius 1 is 1.16 bits per heavy atom. The molecule has 0 unspecified atom stereocenters. The molecule has 1 aliphatic heterocycles. The normalized spacial score (nSPS) is 16.6. The number of aliphatic imine (C=N–C) groups is 1. The van der Waals surface area contributed by atoms with Gasteiger partial charge in [-0.3, -0.25) is 0 Å². The van der Waals surface area contributed by atoms with Gasteiger partial charge in [0.05, 0.1) is 11.8 Å². The number of furan rings is 1. The van der Waals surface area contributed by atoms with Gasteiger partial charge in [-0.2, -0.15) is 0 Å². The minimum atomic E-state index is -0.467. The maximum Gasteiger partial charge on any atom is 0.363 e. The molecule has 2 heterocycles.